The maximum absolute atomic E-state index is 12.7. The molecule has 110 valence electrons. The number of carbonyl (C=O) groups is 1. The van der Waals surface area contributed by atoms with Crippen LogP contribution in [0.3, 0.4) is 0 Å². The monoisotopic (exact) mass is 311 g/mol. The molecule has 1 unspecified atom stereocenters. The van der Waals surface area contributed by atoms with Crippen molar-refractivity contribution in [2.75, 3.05) is 5.32 Å². The molecule has 0 saturated heterocycles. The molecule has 0 radical (unpaired) electrons. The minimum absolute atomic E-state index is 0.169. The van der Waals surface area contributed by atoms with E-state index in [4.69, 9.17) is 11.6 Å². The Morgan fingerprint density at radius 1 is 1.09 bits per heavy atom. The van der Waals surface area contributed by atoms with E-state index in [1.165, 1.54) is 0 Å². The van der Waals surface area contributed by atoms with E-state index < -0.39 is 6.04 Å². The summed E-state index contributed by atoms with van der Waals surface area (Å²) in [6.45, 7) is 0. The van der Waals surface area contributed by atoms with Crippen LogP contribution in [0.25, 0.3) is 0 Å². The van der Waals surface area contributed by atoms with Gasteiger partial charge in [0.05, 0.1) is 0 Å². The fraction of sp³-hybridized carbons (Fsp3) is 0.0588. The van der Waals surface area contributed by atoms with Crippen LogP contribution in [0.1, 0.15) is 11.6 Å². The second kappa shape index (κ2) is 6.45. The Kier molecular flexibility index (Phi) is 4.21. The third-order valence-electron chi connectivity index (χ3n) is 3.26. The summed E-state index contributed by atoms with van der Waals surface area (Å²) in [7, 11) is 0. The van der Waals surface area contributed by atoms with Crippen molar-refractivity contribution >= 4 is 23.3 Å². The van der Waals surface area contributed by atoms with Gasteiger partial charge in [0.1, 0.15) is 11.9 Å². The predicted molar refractivity (Wildman–Crippen MR) is 86.9 cm³/mol. The highest BCUT2D eigenvalue weighted by molar-refractivity contribution is 6.30. The van der Waals surface area contributed by atoms with Crippen molar-refractivity contribution in [3.63, 3.8) is 0 Å². The molecule has 0 fully saturated rings. The summed E-state index contributed by atoms with van der Waals surface area (Å²) in [6.07, 6.45) is 5.29. The lowest BCUT2D eigenvalue weighted by atomic mass is 10.1. The molecule has 0 aliphatic heterocycles. The molecule has 0 spiro atoms. The molecule has 22 heavy (non-hydrogen) atoms. The quantitative estimate of drug-likeness (QED) is 0.797. The summed E-state index contributed by atoms with van der Waals surface area (Å²) in [6, 6.07) is 16.2. The lowest BCUT2D eigenvalue weighted by molar-refractivity contribution is -0.118. The molecule has 1 N–H and O–H groups in total. The van der Waals surface area contributed by atoms with E-state index in [9.17, 15) is 4.79 Å². The molecule has 2 heterocycles. The molecular weight excluding hydrogens is 298 g/mol. The van der Waals surface area contributed by atoms with Gasteiger partial charge in [0.15, 0.2) is 0 Å². The number of hydrogen-bond donors (Lipinski definition) is 1. The first-order chi connectivity index (χ1) is 10.7. The molecule has 1 aromatic carbocycles. The Labute approximate surface area is 133 Å². The molecule has 4 nitrogen and oxygen atoms in total. The van der Waals surface area contributed by atoms with Gasteiger partial charge in [-0.3, -0.25) is 4.79 Å². The molecule has 2 aromatic heterocycles. The lowest BCUT2D eigenvalue weighted by Crippen LogP contribution is -2.26. The third kappa shape index (κ3) is 3.18. The number of nitrogens with zero attached hydrogens (tertiary/aromatic N) is 2. The Balaban J connectivity index is 1.91. The summed E-state index contributed by atoms with van der Waals surface area (Å²) in [5, 5.41) is 3.34. The van der Waals surface area contributed by atoms with E-state index in [2.05, 4.69) is 10.3 Å². The molecule has 0 bridgehead atoms. The van der Waals surface area contributed by atoms with Crippen LogP contribution in [0.4, 0.5) is 5.82 Å². The van der Waals surface area contributed by atoms with Crippen molar-refractivity contribution in [2.24, 2.45) is 0 Å². The normalized spacial score (nSPS) is 11.9. The molecular formula is C17H14ClN3O. The number of hydrogen-bond acceptors (Lipinski definition) is 2. The lowest BCUT2D eigenvalue weighted by Gasteiger charge is -2.19. The molecule has 0 aliphatic rings. The van der Waals surface area contributed by atoms with Crippen molar-refractivity contribution in [1.29, 1.82) is 0 Å². The van der Waals surface area contributed by atoms with E-state index in [1.54, 1.807) is 18.3 Å². The fourth-order valence-electron chi connectivity index (χ4n) is 2.28. The summed E-state index contributed by atoms with van der Waals surface area (Å²) < 4.78 is 1.86. The van der Waals surface area contributed by atoms with Crippen LogP contribution in [0.2, 0.25) is 5.02 Å². The van der Waals surface area contributed by atoms with Gasteiger partial charge >= 0.3 is 0 Å². The van der Waals surface area contributed by atoms with Gasteiger partial charge < -0.3 is 9.88 Å². The van der Waals surface area contributed by atoms with E-state index in [0.717, 1.165) is 5.56 Å². The largest absolute Gasteiger partial charge is 0.338 e. The minimum atomic E-state index is -0.461. The number of amides is 1. The van der Waals surface area contributed by atoms with Crippen molar-refractivity contribution in [1.82, 2.24) is 9.55 Å². The summed E-state index contributed by atoms with van der Waals surface area (Å²) >= 11 is 5.93. The van der Waals surface area contributed by atoms with Crippen LogP contribution in [0.5, 0.6) is 0 Å². The molecule has 0 aliphatic carbocycles. The highest BCUT2D eigenvalue weighted by Gasteiger charge is 2.22. The molecule has 0 saturated carbocycles. The highest BCUT2D eigenvalue weighted by Crippen LogP contribution is 2.21. The fourth-order valence-corrected chi connectivity index (χ4v) is 2.44. The third-order valence-corrected chi connectivity index (χ3v) is 3.50. The smallest absolute Gasteiger partial charge is 0.253 e. The summed E-state index contributed by atoms with van der Waals surface area (Å²) in [5.41, 5.74) is 0.901. The predicted octanol–water partition coefficient (Wildman–Crippen LogP) is 3.76. The molecule has 3 aromatic rings. The van der Waals surface area contributed by atoms with Crippen LogP contribution >= 0.6 is 11.6 Å². The second-order valence-corrected chi connectivity index (χ2v) is 5.23. The van der Waals surface area contributed by atoms with Crippen LogP contribution in [-0.2, 0) is 4.79 Å². The van der Waals surface area contributed by atoms with E-state index in [0.29, 0.717) is 10.8 Å². The molecule has 5 heteroatoms. The van der Waals surface area contributed by atoms with Crippen LogP contribution in [0, 0.1) is 0 Å². The minimum Gasteiger partial charge on any atom is -0.338 e. The van der Waals surface area contributed by atoms with Gasteiger partial charge in [-0.05, 0) is 29.8 Å². The Bertz CT molecular complexity index is 757. The number of pyridine rings is 1. The van der Waals surface area contributed by atoms with Gasteiger partial charge in [-0.25, -0.2) is 4.98 Å². The maximum atomic E-state index is 12.7. The first-order valence-electron chi connectivity index (χ1n) is 6.84. The average Bonchev–Trinajstić information content (AvgIpc) is 3.02. The van der Waals surface area contributed by atoms with Crippen molar-refractivity contribution < 1.29 is 4.79 Å². The topological polar surface area (TPSA) is 46.9 Å². The summed E-state index contributed by atoms with van der Waals surface area (Å²) in [5.74, 6) is 0.266. The molecule has 3 rings (SSSR count). The van der Waals surface area contributed by atoms with Gasteiger partial charge in [0.25, 0.3) is 5.91 Å². The van der Waals surface area contributed by atoms with Crippen molar-refractivity contribution in [3.05, 3.63) is 83.8 Å². The zero-order valence-electron chi connectivity index (χ0n) is 11.7. The number of aromatic nitrogens is 2. The number of carbonyl (C=O) groups excluding carboxylic acids is 1. The Hall–Kier alpha value is -2.59. The van der Waals surface area contributed by atoms with E-state index in [1.807, 2.05) is 59.4 Å². The van der Waals surface area contributed by atoms with Crippen molar-refractivity contribution in [3.8, 4) is 0 Å². The zero-order chi connectivity index (χ0) is 15.4. The SMILES string of the molecule is O=C(Nc1cc(Cl)ccn1)C(c1ccccc1)n1cccc1. The highest BCUT2D eigenvalue weighted by atomic mass is 35.5. The van der Waals surface area contributed by atoms with E-state index in [-0.39, 0.29) is 5.91 Å². The maximum Gasteiger partial charge on any atom is 0.253 e. The first-order valence-corrected chi connectivity index (χ1v) is 7.21. The van der Waals surface area contributed by atoms with Crippen LogP contribution in [-0.4, -0.2) is 15.5 Å². The Morgan fingerprint density at radius 3 is 2.50 bits per heavy atom. The number of anilines is 1. The van der Waals surface area contributed by atoms with E-state index >= 15 is 0 Å². The van der Waals surface area contributed by atoms with Gasteiger partial charge in [0.2, 0.25) is 0 Å². The first kappa shape index (κ1) is 14.4. The van der Waals surface area contributed by atoms with Gasteiger partial charge in [-0.15, -0.1) is 0 Å². The molecule has 1 atom stereocenters. The standard InChI is InChI=1S/C17H14ClN3O/c18-14-8-9-19-15(12-14)20-17(22)16(21-10-4-5-11-21)13-6-2-1-3-7-13/h1-12,16H,(H,19,20,22). The zero-order valence-corrected chi connectivity index (χ0v) is 12.4. The number of benzene rings is 1. The number of nitrogens with one attached hydrogen (secondary N) is 1. The second-order valence-electron chi connectivity index (χ2n) is 4.79. The van der Waals surface area contributed by atoms with Crippen LogP contribution in [0.15, 0.2) is 73.2 Å². The average molecular weight is 312 g/mol. The van der Waals surface area contributed by atoms with Gasteiger partial charge in [-0.2, -0.15) is 0 Å². The molecule has 1 amide bonds. The van der Waals surface area contributed by atoms with Crippen molar-refractivity contribution in [2.45, 2.75) is 6.04 Å². The van der Waals surface area contributed by atoms with Gasteiger partial charge in [0, 0.05) is 23.6 Å². The summed E-state index contributed by atoms with van der Waals surface area (Å²) in [4.78, 5) is 16.8. The van der Waals surface area contributed by atoms with Crippen LogP contribution < -0.4 is 5.32 Å². The van der Waals surface area contributed by atoms with Gasteiger partial charge in [-0.1, -0.05) is 41.9 Å². The Morgan fingerprint density at radius 2 is 1.82 bits per heavy atom. The number of rotatable bonds is 4. The number of halogens is 1.